The van der Waals surface area contributed by atoms with Gasteiger partial charge in [-0.3, -0.25) is 5.10 Å². The minimum atomic E-state index is -5.08. The second-order valence-electron chi connectivity index (χ2n) is 16.5. The fourth-order valence-electron chi connectivity index (χ4n) is 8.88. The third-order valence-electron chi connectivity index (χ3n) is 12.0. The first-order valence-corrected chi connectivity index (χ1v) is 19.4. The van der Waals surface area contributed by atoms with Crippen molar-refractivity contribution in [3.05, 3.63) is 46.8 Å². The van der Waals surface area contributed by atoms with Crippen molar-refractivity contribution in [2.75, 3.05) is 59.7 Å². The number of piperazine rings is 1. The Morgan fingerprint density at radius 3 is 2.43 bits per heavy atom. The van der Waals surface area contributed by atoms with Crippen LogP contribution >= 0.6 is 0 Å². The molecule has 1 saturated carbocycles. The van der Waals surface area contributed by atoms with Gasteiger partial charge in [-0.25, -0.2) is 22.4 Å². The maximum Gasteiger partial charge on any atom is 0.490 e. The normalized spacial score (nSPS) is 26.1. The van der Waals surface area contributed by atoms with Gasteiger partial charge in [0.2, 0.25) is 0 Å². The Kier molecular flexibility index (Phi) is 12.0. The van der Waals surface area contributed by atoms with Gasteiger partial charge in [0.25, 0.3) is 5.92 Å². The van der Waals surface area contributed by atoms with Crippen LogP contribution < -0.4 is 15.4 Å². The van der Waals surface area contributed by atoms with Crippen LogP contribution in [0, 0.1) is 29.9 Å². The number of aromatic nitrogens is 4. The number of carbonyl (C=O) groups is 1. The van der Waals surface area contributed by atoms with Crippen molar-refractivity contribution in [1.82, 2.24) is 35.7 Å². The molecule has 3 saturated heterocycles. The van der Waals surface area contributed by atoms with E-state index in [1.165, 1.54) is 13.0 Å². The molecule has 334 valence electrons. The van der Waals surface area contributed by atoms with Crippen molar-refractivity contribution in [3.63, 3.8) is 0 Å². The lowest BCUT2D eigenvalue weighted by Gasteiger charge is -2.40. The number of aromatic amines is 1. The number of nitrogens with zero attached hydrogens (tertiary/aromatic N) is 4. The Balaban J connectivity index is 0.000000739. The zero-order valence-electron chi connectivity index (χ0n) is 33.1. The summed E-state index contributed by atoms with van der Waals surface area (Å²) >= 11 is 0. The van der Waals surface area contributed by atoms with Crippen LogP contribution in [0.2, 0.25) is 0 Å². The summed E-state index contributed by atoms with van der Waals surface area (Å²) in [6.07, 6.45) is -7.09. The number of alkyl halides is 8. The average Bonchev–Trinajstić information content (AvgIpc) is 3.65. The van der Waals surface area contributed by atoms with Crippen LogP contribution in [-0.4, -0.2) is 120 Å². The van der Waals surface area contributed by atoms with Crippen molar-refractivity contribution in [1.29, 1.82) is 0 Å². The van der Waals surface area contributed by atoms with Gasteiger partial charge in [-0.05, 0) is 63.3 Å². The third-order valence-corrected chi connectivity index (χ3v) is 12.0. The van der Waals surface area contributed by atoms with E-state index in [1.54, 1.807) is 7.11 Å². The lowest BCUT2D eigenvalue weighted by atomic mass is 9.85. The molecule has 5 atom stereocenters. The smallest absolute Gasteiger partial charge is 0.475 e. The van der Waals surface area contributed by atoms with Gasteiger partial charge in [0.1, 0.15) is 17.9 Å². The molecule has 8 rings (SSSR count). The molecule has 2 bridgehead atoms. The quantitative estimate of drug-likeness (QED) is 0.0866. The van der Waals surface area contributed by atoms with E-state index < -0.39 is 94.1 Å². The van der Waals surface area contributed by atoms with E-state index in [9.17, 15) is 26.3 Å². The van der Waals surface area contributed by atoms with Gasteiger partial charge in [0.05, 0.1) is 59.8 Å². The summed E-state index contributed by atoms with van der Waals surface area (Å²) in [6, 6.07) is 1.28. The molecule has 1 aliphatic carbocycles. The van der Waals surface area contributed by atoms with Crippen molar-refractivity contribution in [2.45, 2.75) is 75.4 Å². The van der Waals surface area contributed by atoms with Crippen LogP contribution in [0.5, 0.6) is 6.01 Å². The molecule has 4 fully saturated rings. The average molecular weight is 880 g/mol. The molecular formula is C39H43F10N7O5. The number of H-pyrrole nitrogens is 1. The van der Waals surface area contributed by atoms with Gasteiger partial charge in [-0.15, -0.1) is 0 Å². The number of aliphatic carboxylic acids is 1. The zero-order valence-corrected chi connectivity index (χ0v) is 33.1. The van der Waals surface area contributed by atoms with Gasteiger partial charge < -0.3 is 34.9 Å². The molecule has 2 aromatic carbocycles. The van der Waals surface area contributed by atoms with Crippen LogP contribution in [0.15, 0.2) is 18.3 Å². The molecule has 22 heteroatoms. The number of nitrogens with one attached hydrogen (secondary N) is 3. The van der Waals surface area contributed by atoms with Gasteiger partial charge in [-0.1, -0.05) is 0 Å². The first-order valence-electron chi connectivity index (χ1n) is 19.4. The van der Waals surface area contributed by atoms with Crippen LogP contribution in [0.1, 0.15) is 55.5 Å². The second kappa shape index (κ2) is 16.4. The highest BCUT2D eigenvalue weighted by molar-refractivity contribution is 6.00. The number of likely N-dealkylation sites (tertiary alicyclic amines) is 1. The first kappa shape index (κ1) is 44.7. The zero-order chi connectivity index (χ0) is 44.3. The molecule has 2 aromatic heterocycles. The molecule has 3 aliphatic heterocycles. The number of hydrogen-bond donors (Lipinski definition) is 4. The summed E-state index contributed by atoms with van der Waals surface area (Å²) in [4.78, 5) is 19.7. The predicted molar refractivity (Wildman–Crippen MR) is 198 cm³/mol. The van der Waals surface area contributed by atoms with Crippen molar-refractivity contribution >= 4 is 27.8 Å². The Morgan fingerprint density at radius 1 is 1.05 bits per heavy atom. The maximum atomic E-state index is 17.0. The van der Waals surface area contributed by atoms with E-state index in [4.69, 9.17) is 24.1 Å². The van der Waals surface area contributed by atoms with Crippen molar-refractivity contribution < 1.29 is 68.0 Å². The molecule has 0 spiro atoms. The molecule has 61 heavy (non-hydrogen) atoms. The molecule has 0 radical (unpaired) electrons. The van der Waals surface area contributed by atoms with Gasteiger partial charge in [0.15, 0.2) is 5.82 Å². The van der Waals surface area contributed by atoms with Crippen molar-refractivity contribution in [3.8, 4) is 17.1 Å². The molecule has 4 unspecified atom stereocenters. The minimum Gasteiger partial charge on any atom is -0.475 e. The number of carboxylic acids is 1. The topological polar surface area (TPSA) is 147 Å². The number of halogens is 10. The van der Waals surface area contributed by atoms with E-state index in [-0.39, 0.29) is 46.1 Å². The number of aryl methyl sites for hydroxylation is 1. The summed E-state index contributed by atoms with van der Waals surface area (Å²) in [5.41, 5.74) is -5.50. The highest BCUT2D eigenvalue weighted by Gasteiger charge is 2.72. The number of methoxy groups -OCH3 is 1. The second-order valence-corrected chi connectivity index (χ2v) is 16.5. The summed E-state index contributed by atoms with van der Waals surface area (Å²) in [7, 11) is 1.58. The highest BCUT2D eigenvalue weighted by Crippen LogP contribution is 2.61. The lowest BCUT2D eigenvalue weighted by molar-refractivity contribution is -0.192. The largest absolute Gasteiger partial charge is 0.490 e. The number of hydrogen-bond acceptors (Lipinski definition) is 10. The number of carboxylic acid groups (broad SMARTS) is 1. The lowest BCUT2D eigenvalue weighted by Crippen LogP contribution is -2.58. The van der Waals surface area contributed by atoms with E-state index >= 15 is 17.6 Å². The number of ether oxygens (including phenoxy) is 3. The summed E-state index contributed by atoms with van der Waals surface area (Å²) in [6.45, 7) is 5.80. The van der Waals surface area contributed by atoms with Crippen molar-refractivity contribution in [2.24, 2.45) is 11.3 Å². The number of benzene rings is 2. The summed E-state index contributed by atoms with van der Waals surface area (Å²) < 4.78 is 156. The predicted octanol–water partition coefficient (Wildman–Crippen LogP) is 6.96. The number of fused-ring (bicyclic) bond motifs is 4. The van der Waals surface area contributed by atoms with Gasteiger partial charge in [0, 0.05) is 61.1 Å². The van der Waals surface area contributed by atoms with Crippen LogP contribution in [0.3, 0.4) is 0 Å². The monoisotopic (exact) mass is 879 g/mol. The SMILES string of the molecule is COCCOCC1CCN(C[C@@]2(COc3nc(C4NCC5CCC4(C)N5)c4cc(F)c(-c5c(C(F)(F)F)c(C)cc6[nH]ncc56)c(F)c4n3)CC2(F)F)C1.O=C(O)C(F)(F)F. The molecular weight excluding hydrogens is 836 g/mol. The van der Waals surface area contributed by atoms with Gasteiger partial charge >= 0.3 is 24.3 Å². The summed E-state index contributed by atoms with van der Waals surface area (Å²) in [5.74, 6) is -8.23. The van der Waals surface area contributed by atoms with E-state index in [1.807, 2.05) is 11.8 Å². The number of rotatable bonds is 12. The molecule has 5 heterocycles. The third kappa shape index (κ3) is 8.82. The van der Waals surface area contributed by atoms with Crippen LogP contribution in [-0.2, 0) is 20.4 Å². The summed E-state index contributed by atoms with van der Waals surface area (Å²) in [5, 5.41) is 20.3. The van der Waals surface area contributed by atoms with E-state index in [0.29, 0.717) is 45.9 Å². The maximum absolute atomic E-state index is 17.0. The molecule has 4 aliphatic rings. The van der Waals surface area contributed by atoms with Gasteiger partial charge in [-0.2, -0.15) is 41.4 Å². The molecule has 12 nitrogen and oxygen atoms in total. The Labute approximate surface area is 341 Å². The Bertz CT molecular complexity index is 2290. The van der Waals surface area contributed by atoms with E-state index in [0.717, 1.165) is 25.1 Å². The molecule has 4 aromatic rings. The fraction of sp³-hybridized carbons (Fsp3) is 0.590. The molecule has 0 amide bonds. The first-order chi connectivity index (χ1) is 28.6. The molecule has 4 N–H and O–H groups in total. The Morgan fingerprint density at radius 2 is 1.77 bits per heavy atom. The van der Waals surface area contributed by atoms with Crippen LogP contribution in [0.25, 0.3) is 32.9 Å². The minimum absolute atomic E-state index is 0.0422. The highest BCUT2D eigenvalue weighted by atomic mass is 19.4. The van der Waals surface area contributed by atoms with E-state index in [2.05, 4.69) is 30.8 Å². The Hall–Kier alpha value is -4.38. The fourth-order valence-corrected chi connectivity index (χ4v) is 8.88. The van der Waals surface area contributed by atoms with Crippen LogP contribution in [0.4, 0.5) is 43.9 Å². The standard InChI is InChI=1S/C37H42F7N7O3.C2HF3O2/c1-19-10-25-23(13-46-50-25)26(28(19)37(42,43)44)27-24(38)11-22-30(29(27)39)47-33(48-31(22)32-34(2)6-4-21(49-34)12-45-32)54-18-35(16-36(35,40)41)17-51-7-5-20(14-51)15-53-9-8-52-3;3-2(4,5)1(6)7/h10-11,13,20-21,32,45,49H,4-9,12,14-18H2,1-3H3,(H,46,50);(H,6,7)/t20?,21?,32?,34?,35-;/m1./s1.